The number of hydrogen-bond donors (Lipinski definition) is 0. The van der Waals surface area contributed by atoms with Crippen LogP contribution in [0.1, 0.15) is 87.1 Å². The van der Waals surface area contributed by atoms with Gasteiger partial charge in [0.1, 0.15) is 5.69 Å². The molecule has 0 saturated heterocycles. The van der Waals surface area contributed by atoms with Crippen molar-refractivity contribution in [1.29, 1.82) is 0 Å². The molecule has 200 valence electrons. The maximum absolute atomic E-state index is 2.57. The Labute approximate surface area is 235 Å². The lowest BCUT2D eigenvalue weighted by molar-refractivity contribution is -0.557. The van der Waals surface area contributed by atoms with E-state index in [1.807, 2.05) is 0 Å². The van der Waals surface area contributed by atoms with E-state index in [1.54, 1.807) is 0 Å². The van der Waals surface area contributed by atoms with Crippen LogP contribution in [0.25, 0.3) is 39.2 Å². The molecule has 0 amide bonds. The molecule has 0 saturated carbocycles. The van der Waals surface area contributed by atoms with Crippen LogP contribution in [0.4, 0.5) is 0 Å². The van der Waals surface area contributed by atoms with Gasteiger partial charge < -0.3 is 0 Å². The molecule has 2 heteroatoms. The molecule has 0 unspecified atom stereocenters. The standard InChI is InChI=1S/C37H43N2/c1-23(2)29-17-18-34-35(22-29)38(9)37(33-19-26(7)15-16-27(33)8)39(34)36-31(24(3)4)20-30(21-32(36)25(5)6)28-13-11-10-12-14-28/h10-25H,1-9H3/q+1. The second-order valence-electron chi connectivity index (χ2n) is 12.1. The van der Waals surface area contributed by atoms with Gasteiger partial charge in [-0.25, -0.2) is 4.57 Å². The molecular formula is C37H43N2+. The van der Waals surface area contributed by atoms with Gasteiger partial charge in [0, 0.05) is 11.1 Å². The van der Waals surface area contributed by atoms with Crippen LogP contribution in [0.2, 0.25) is 0 Å². The van der Waals surface area contributed by atoms with Gasteiger partial charge in [0.2, 0.25) is 0 Å². The molecule has 0 bridgehead atoms. The summed E-state index contributed by atoms with van der Waals surface area (Å²) in [5.74, 6) is 2.45. The molecule has 1 aromatic heterocycles. The second kappa shape index (κ2) is 10.5. The predicted molar refractivity (Wildman–Crippen MR) is 167 cm³/mol. The number of nitrogens with zero attached hydrogens (tertiary/aromatic N) is 2. The average Bonchev–Trinajstić information content (AvgIpc) is 3.20. The zero-order valence-electron chi connectivity index (χ0n) is 25.1. The summed E-state index contributed by atoms with van der Waals surface area (Å²) >= 11 is 0. The lowest BCUT2D eigenvalue weighted by Crippen LogP contribution is -2.36. The summed E-state index contributed by atoms with van der Waals surface area (Å²) in [6.07, 6.45) is 0. The molecule has 0 spiro atoms. The van der Waals surface area contributed by atoms with E-state index in [9.17, 15) is 0 Å². The summed E-state index contributed by atoms with van der Waals surface area (Å²) in [5.41, 5.74) is 14.4. The van der Waals surface area contributed by atoms with Gasteiger partial charge in [-0.1, -0.05) is 95.6 Å². The Morgan fingerprint density at radius 3 is 1.87 bits per heavy atom. The van der Waals surface area contributed by atoms with E-state index < -0.39 is 0 Å². The van der Waals surface area contributed by atoms with E-state index in [-0.39, 0.29) is 0 Å². The lowest BCUT2D eigenvalue weighted by Gasteiger charge is -2.21. The van der Waals surface area contributed by atoms with Gasteiger partial charge in [-0.2, -0.15) is 4.57 Å². The smallest absolute Gasteiger partial charge is 0.225 e. The van der Waals surface area contributed by atoms with Crippen molar-refractivity contribution in [2.24, 2.45) is 7.05 Å². The largest absolute Gasteiger partial charge is 0.295 e. The lowest BCUT2D eigenvalue weighted by atomic mass is 9.88. The third-order valence-corrected chi connectivity index (χ3v) is 8.18. The minimum absolute atomic E-state index is 0.366. The molecule has 4 aromatic carbocycles. The maximum Gasteiger partial charge on any atom is 0.295 e. The Hall–Kier alpha value is -3.65. The fourth-order valence-electron chi connectivity index (χ4n) is 5.86. The van der Waals surface area contributed by atoms with Gasteiger partial charge >= 0.3 is 0 Å². The molecule has 5 aromatic rings. The van der Waals surface area contributed by atoms with Gasteiger partial charge in [0.05, 0.1) is 12.6 Å². The third-order valence-electron chi connectivity index (χ3n) is 8.18. The number of hydrogen-bond acceptors (Lipinski definition) is 0. The van der Waals surface area contributed by atoms with Crippen molar-refractivity contribution in [1.82, 2.24) is 4.57 Å². The minimum atomic E-state index is 0.366. The van der Waals surface area contributed by atoms with Crippen LogP contribution in [0, 0.1) is 13.8 Å². The summed E-state index contributed by atoms with van der Waals surface area (Å²) in [4.78, 5) is 0. The molecule has 1 heterocycles. The first-order valence-corrected chi connectivity index (χ1v) is 14.4. The molecule has 5 rings (SSSR count). The van der Waals surface area contributed by atoms with Crippen molar-refractivity contribution >= 4 is 11.0 Å². The fraction of sp³-hybridized carbons (Fsp3) is 0.324. The van der Waals surface area contributed by atoms with E-state index in [0.717, 1.165) is 0 Å². The van der Waals surface area contributed by atoms with E-state index in [0.29, 0.717) is 17.8 Å². The van der Waals surface area contributed by atoms with Crippen molar-refractivity contribution in [3.8, 4) is 28.2 Å². The number of fused-ring (bicyclic) bond motifs is 1. The molecule has 0 aliphatic carbocycles. The summed E-state index contributed by atoms with van der Waals surface area (Å²) in [6.45, 7) is 18.3. The molecule has 0 fully saturated rings. The van der Waals surface area contributed by atoms with E-state index in [4.69, 9.17) is 0 Å². The van der Waals surface area contributed by atoms with Crippen LogP contribution in [-0.4, -0.2) is 4.57 Å². The Bertz CT molecular complexity index is 1620. The second-order valence-corrected chi connectivity index (χ2v) is 12.1. The van der Waals surface area contributed by atoms with Gasteiger partial charge in [-0.15, -0.1) is 0 Å². The van der Waals surface area contributed by atoms with Crippen molar-refractivity contribution in [2.75, 3.05) is 0 Å². The first-order valence-electron chi connectivity index (χ1n) is 14.4. The fourth-order valence-corrected chi connectivity index (χ4v) is 5.86. The summed E-state index contributed by atoms with van der Waals surface area (Å²) in [7, 11) is 2.24. The first kappa shape index (κ1) is 26.9. The van der Waals surface area contributed by atoms with E-state index >= 15 is 0 Å². The molecule has 0 aliphatic rings. The van der Waals surface area contributed by atoms with Gasteiger partial charge in [0.15, 0.2) is 11.0 Å². The van der Waals surface area contributed by atoms with Crippen LogP contribution in [0.3, 0.4) is 0 Å². The minimum Gasteiger partial charge on any atom is -0.225 e. The summed E-state index contributed by atoms with van der Waals surface area (Å²) in [6, 6.07) is 29.6. The Balaban J connectivity index is 1.96. The number of benzene rings is 4. The number of imidazole rings is 1. The van der Waals surface area contributed by atoms with Crippen molar-refractivity contribution in [3.05, 3.63) is 107 Å². The van der Waals surface area contributed by atoms with Crippen LogP contribution in [-0.2, 0) is 7.05 Å². The Kier molecular flexibility index (Phi) is 7.25. The number of aromatic nitrogens is 2. The Morgan fingerprint density at radius 1 is 0.641 bits per heavy atom. The normalized spacial score (nSPS) is 11.9. The van der Waals surface area contributed by atoms with Gasteiger partial charge in [-0.05, 0) is 84.2 Å². The highest BCUT2D eigenvalue weighted by atomic mass is 15.2. The Morgan fingerprint density at radius 2 is 1.28 bits per heavy atom. The zero-order valence-corrected chi connectivity index (χ0v) is 25.1. The van der Waals surface area contributed by atoms with Crippen LogP contribution >= 0.6 is 0 Å². The van der Waals surface area contributed by atoms with Crippen molar-refractivity contribution in [3.63, 3.8) is 0 Å². The average molecular weight is 516 g/mol. The first-order chi connectivity index (χ1) is 18.6. The summed E-state index contributed by atoms with van der Waals surface area (Å²) < 4.78 is 4.99. The van der Waals surface area contributed by atoms with E-state index in [1.165, 1.54) is 67.1 Å². The highest BCUT2D eigenvalue weighted by Gasteiger charge is 2.32. The molecule has 0 radical (unpaired) electrons. The topological polar surface area (TPSA) is 8.81 Å². The zero-order chi connectivity index (χ0) is 28.0. The van der Waals surface area contributed by atoms with Gasteiger partial charge in [-0.3, -0.25) is 0 Å². The molecule has 0 aliphatic heterocycles. The number of rotatable bonds is 6. The summed E-state index contributed by atoms with van der Waals surface area (Å²) in [5, 5.41) is 0. The highest BCUT2D eigenvalue weighted by molar-refractivity contribution is 5.79. The number of aryl methyl sites for hydroxylation is 3. The molecule has 0 N–H and O–H groups in total. The maximum atomic E-state index is 2.57. The predicted octanol–water partition coefficient (Wildman–Crippen LogP) is 9.78. The van der Waals surface area contributed by atoms with Crippen molar-refractivity contribution in [2.45, 2.75) is 73.1 Å². The molecular weight excluding hydrogens is 472 g/mol. The van der Waals surface area contributed by atoms with Crippen LogP contribution in [0.15, 0.2) is 78.9 Å². The van der Waals surface area contributed by atoms with Gasteiger partial charge in [0.25, 0.3) is 5.82 Å². The van der Waals surface area contributed by atoms with Crippen LogP contribution in [0.5, 0.6) is 0 Å². The molecule has 0 atom stereocenters. The highest BCUT2D eigenvalue weighted by Crippen LogP contribution is 2.37. The quantitative estimate of drug-likeness (QED) is 0.199. The SMILES string of the molecule is Cc1ccc(C)c(-c2n(C)c3cc(C(C)C)ccc3[n+]2-c2c(C(C)C)cc(-c3ccccc3)cc2C(C)C)c1. The van der Waals surface area contributed by atoms with E-state index in [2.05, 4.69) is 150 Å². The van der Waals surface area contributed by atoms with Crippen LogP contribution < -0.4 is 4.57 Å². The van der Waals surface area contributed by atoms with Crippen molar-refractivity contribution < 1.29 is 4.57 Å². The molecule has 39 heavy (non-hydrogen) atoms. The molecule has 2 nitrogen and oxygen atoms in total. The monoisotopic (exact) mass is 515 g/mol. The third kappa shape index (κ3) is 4.82.